The highest BCUT2D eigenvalue weighted by Crippen LogP contribution is 2.27. The first-order valence-corrected chi connectivity index (χ1v) is 10.9. The van der Waals surface area contributed by atoms with E-state index in [4.69, 9.17) is 9.47 Å². The van der Waals surface area contributed by atoms with E-state index in [-0.39, 0.29) is 11.4 Å². The molecule has 0 heterocycles. The number of sulfonamides is 1. The highest BCUT2D eigenvalue weighted by atomic mass is 79.9. The Kier molecular flexibility index (Phi) is 8.18. The number of amides is 1. The van der Waals surface area contributed by atoms with E-state index in [9.17, 15) is 13.2 Å². The van der Waals surface area contributed by atoms with E-state index in [0.717, 1.165) is 8.78 Å². The fourth-order valence-electron chi connectivity index (χ4n) is 2.33. The summed E-state index contributed by atoms with van der Waals surface area (Å²) in [6.07, 6.45) is 1.43. The molecule has 2 aromatic rings. The van der Waals surface area contributed by atoms with Gasteiger partial charge in [-0.15, -0.1) is 0 Å². The van der Waals surface area contributed by atoms with E-state index in [1.165, 1.54) is 32.5 Å². The molecule has 0 saturated carbocycles. The summed E-state index contributed by atoms with van der Waals surface area (Å²) in [6, 6.07) is 11.4. The van der Waals surface area contributed by atoms with Gasteiger partial charge in [0.25, 0.3) is 5.91 Å². The van der Waals surface area contributed by atoms with Crippen molar-refractivity contribution < 1.29 is 22.7 Å². The molecule has 10 heteroatoms. The van der Waals surface area contributed by atoms with Crippen LogP contribution in [0.5, 0.6) is 11.5 Å². The molecule has 0 radical (unpaired) electrons. The molecule has 156 valence electrons. The summed E-state index contributed by atoms with van der Waals surface area (Å²) in [7, 11) is -0.917. The highest BCUT2D eigenvalue weighted by molar-refractivity contribution is 9.10. The predicted octanol–water partition coefficient (Wildman–Crippen LogP) is 2.63. The van der Waals surface area contributed by atoms with Crippen molar-refractivity contribution >= 4 is 38.1 Å². The van der Waals surface area contributed by atoms with Gasteiger partial charge >= 0.3 is 0 Å². The molecule has 0 fully saturated rings. The Bertz CT molecular complexity index is 978. The lowest BCUT2D eigenvalue weighted by molar-refractivity contribution is -0.121. The summed E-state index contributed by atoms with van der Waals surface area (Å²) >= 11 is 3.25. The summed E-state index contributed by atoms with van der Waals surface area (Å²) in [4.78, 5) is 12.2. The summed E-state index contributed by atoms with van der Waals surface area (Å²) in [5.41, 5.74) is 3.00. The molecule has 2 rings (SSSR count). The molecule has 0 aromatic heterocycles. The van der Waals surface area contributed by atoms with Crippen molar-refractivity contribution in [3.8, 4) is 11.5 Å². The molecule has 0 saturated heterocycles. The maximum atomic E-state index is 12.5. The number of hydrogen-bond donors (Lipinski definition) is 1. The maximum absolute atomic E-state index is 12.5. The molecule has 8 nitrogen and oxygen atoms in total. The zero-order valence-electron chi connectivity index (χ0n) is 16.3. The van der Waals surface area contributed by atoms with Crippen LogP contribution in [-0.2, 0) is 14.8 Å². The minimum Gasteiger partial charge on any atom is -0.493 e. The lowest BCUT2D eigenvalue weighted by Gasteiger charge is -2.16. The Labute approximate surface area is 178 Å². The standard InChI is InChI=1S/C19H22BrN3O5S/c1-4-28-17-10-5-14(11-18(17)27-3)12-21-22-19(24)13-23(2)29(25,26)16-8-6-15(20)7-9-16/h5-12H,4,13H2,1-3H3,(H,22,24)/b21-12-. The summed E-state index contributed by atoms with van der Waals surface area (Å²) in [6.45, 7) is 2.01. The molecule has 0 bridgehead atoms. The van der Waals surface area contributed by atoms with E-state index in [1.807, 2.05) is 6.92 Å². The fraction of sp³-hybridized carbons (Fsp3) is 0.263. The second kappa shape index (κ2) is 10.4. The van der Waals surface area contributed by atoms with Crippen LogP contribution in [0, 0.1) is 0 Å². The zero-order valence-corrected chi connectivity index (χ0v) is 18.7. The van der Waals surface area contributed by atoms with Gasteiger partial charge in [-0.1, -0.05) is 15.9 Å². The van der Waals surface area contributed by atoms with Crippen molar-refractivity contribution in [2.45, 2.75) is 11.8 Å². The van der Waals surface area contributed by atoms with Crippen LogP contribution in [0.2, 0.25) is 0 Å². The van der Waals surface area contributed by atoms with E-state index in [1.54, 1.807) is 30.3 Å². The number of halogens is 1. The number of rotatable bonds is 9. The molecule has 0 atom stereocenters. The van der Waals surface area contributed by atoms with E-state index in [0.29, 0.717) is 23.7 Å². The third-order valence-corrected chi connectivity index (χ3v) is 6.12. The van der Waals surface area contributed by atoms with Gasteiger partial charge in [-0.05, 0) is 55.0 Å². The molecule has 0 aliphatic carbocycles. The van der Waals surface area contributed by atoms with Gasteiger partial charge < -0.3 is 9.47 Å². The Balaban J connectivity index is 1.97. The van der Waals surface area contributed by atoms with E-state index >= 15 is 0 Å². The van der Waals surface area contributed by atoms with Crippen LogP contribution in [0.4, 0.5) is 0 Å². The number of nitrogens with one attached hydrogen (secondary N) is 1. The number of hydrogen-bond acceptors (Lipinski definition) is 6. The average Bonchev–Trinajstić information content (AvgIpc) is 2.69. The van der Waals surface area contributed by atoms with Gasteiger partial charge in [0.2, 0.25) is 10.0 Å². The molecule has 0 aliphatic rings. The first-order chi connectivity index (χ1) is 13.8. The van der Waals surface area contributed by atoms with Crippen molar-refractivity contribution in [1.82, 2.24) is 9.73 Å². The van der Waals surface area contributed by atoms with Gasteiger partial charge in [-0.25, -0.2) is 13.8 Å². The Morgan fingerprint density at radius 1 is 1.21 bits per heavy atom. The number of methoxy groups -OCH3 is 1. The average molecular weight is 484 g/mol. The predicted molar refractivity (Wildman–Crippen MR) is 114 cm³/mol. The number of hydrazone groups is 1. The normalized spacial score (nSPS) is 11.6. The van der Waals surface area contributed by atoms with Crippen LogP contribution in [0.3, 0.4) is 0 Å². The molecule has 0 unspecified atom stereocenters. The third-order valence-electron chi connectivity index (χ3n) is 3.78. The molecular weight excluding hydrogens is 462 g/mol. The highest BCUT2D eigenvalue weighted by Gasteiger charge is 2.22. The maximum Gasteiger partial charge on any atom is 0.255 e. The van der Waals surface area contributed by atoms with Gasteiger partial charge in [-0.2, -0.15) is 9.41 Å². The molecule has 0 spiro atoms. The number of carbonyl (C=O) groups is 1. The van der Waals surface area contributed by atoms with Crippen molar-refractivity contribution in [3.05, 3.63) is 52.5 Å². The van der Waals surface area contributed by atoms with Gasteiger partial charge in [0.05, 0.1) is 31.4 Å². The zero-order chi connectivity index (χ0) is 21.4. The fourth-order valence-corrected chi connectivity index (χ4v) is 3.72. The molecule has 29 heavy (non-hydrogen) atoms. The van der Waals surface area contributed by atoms with Crippen molar-refractivity contribution in [1.29, 1.82) is 0 Å². The van der Waals surface area contributed by atoms with Crippen LogP contribution in [0.25, 0.3) is 0 Å². The van der Waals surface area contributed by atoms with Crippen molar-refractivity contribution in [2.75, 3.05) is 27.3 Å². The number of carbonyl (C=O) groups excluding carboxylic acids is 1. The molecule has 0 aliphatic heterocycles. The lowest BCUT2D eigenvalue weighted by Crippen LogP contribution is -2.36. The van der Waals surface area contributed by atoms with Crippen LogP contribution in [0.1, 0.15) is 12.5 Å². The van der Waals surface area contributed by atoms with Gasteiger partial charge in [0, 0.05) is 11.5 Å². The minimum atomic E-state index is -3.78. The molecule has 1 amide bonds. The monoisotopic (exact) mass is 483 g/mol. The summed E-state index contributed by atoms with van der Waals surface area (Å²) in [5, 5.41) is 3.86. The number of likely N-dealkylation sites (N-methyl/N-ethyl adjacent to an activating group) is 1. The topological polar surface area (TPSA) is 97.3 Å². The SMILES string of the molecule is CCOc1ccc(/C=N\NC(=O)CN(C)S(=O)(=O)c2ccc(Br)cc2)cc1OC. The van der Waals surface area contributed by atoms with E-state index in [2.05, 4.69) is 26.5 Å². The smallest absolute Gasteiger partial charge is 0.255 e. The molecule has 2 aromatic carbocycles. The minimum absolute atomic E-state index is 0.0981. The van der Waals surface area contributed by atoms with Crippen molar-refractivity contribution in [2.24, 2.45) is 5.10 Å². The number of nitrogens with zero attached hydrogens (tertiary/aromatic N) is 2. The second-order valence-electron chi connectivity index (χ2n) is 5.85. The van der Waals surface area contributed by atoms with Crippen LogP contribution in [-0.4, -0.2) is 52.2 Å². The number of benzene rings is 2. The van der Waals surface area contributed by atoms with Crippen molar-refractivity contribution in [3.63, 3.8) is 0 Å². The van der Waals surface area contributed by atoms with Gasteiger partial charge in [0.1, 0.15) is 0 Å². The first-order valence-electron chi connectivity index (χ1n) is 8.62. The first kappa shape index (κ1) is 22.9. The van der Waals surface area contributed by atoms with Crippen LogP contribution in [0.15, 0.2) is 56.9 Å². The van der Waals surface area contributed by atoms with Gasteiger partial charge in [-0.3, -0.25) is 4.79 Å². The lowest BCUT2D eigenvalue weighted by atomic mass is 10.2. The van der Waals surface area contributed by atoms with Crippen LogP contribution < -0.4 is 14.9 Å². The Hall–Kier alpha value is -2.43. The second-order valence-corrected chi connectivity index (χ2v) is 8.81. The largest absolute Gasteiger partial charge is 0.493 e. The van der Waals surface area contributed by atoms with Crippen LogP contribution >= 0.6 is 15.9 Å². The Morgan fingerprint density at radius 3 is 2.52 bits per heavy atom. The van der Waals surface area contributed by atoms with E-state index < -0.39 is 15.9 Å². The quantitative estimate of drug-likeness (QED) is 0.436. The molecule has 1 N–H and O–H groups in total. The number of ether oxygens (including phenoxy) is 2. The Morgan fingerprint density at radius 2 is 1.90 bits per heavy atom. The summed E-state index contributed by atoms with van der Waals surface area (Å²) in [5.74, 6) is 0.584. The molecular formula is C19H22BrN3O5S. The third kappa shape index (κ3) is 6.28. The summed E-state index contributed by atoms with van der Waals surface area (Å²) < 4.78 is 37.4. The van der Waals surface area contributed by atoms with Gasteiger partial charge in [0.15, 0.2) is 11.5 Å².